The van der Waals surface area contributed by atoms with E-state index < -0.39 is 11.6 Å². The van der Waals surface area contributed by atoms with Crippen LogP contribution in [0, 0.1) is 5.92 Å². The molecule has 0 bridgehead atoms. The van der Waals surface area contributed by atoms with Gasteiger partial charge in [0.05, 0.1) is 19.1 Å². The van der Waals surface area contributed by atoms with Gasteiger partial charge < -0.3 is 25.2 Å². The van der Waals surface area contributed by atoms with Gasteiger partial charge in [-0.3, -0.25) is 9.59 Å². The minimum absolute atomic E-state index is 0.0823. The van der Waals surface area contributed by atoms with Gasteiger partial charge >= 0.3 is 0 Å². The number of carbonyl (C=O) groups is 2. The molecule has 4 aliphatic rings. The summed E-state index contributed by atoms with van der Waals surface area (Å²) >= 11 is 1.63. The smallest absolute Gasteiger partial charge is 0.288 e. The normalized spacial score (nSPS) is 25.0. The molecule has 3 atom stereocenters. The number of amidine groups is 1. The molecule has 244 valence electrons. The molecule has 0 radical (unpaired) electrons. The van der Waals surface area contributed by atoms with Crippen molar-refractivity contribution in [1.82, 2.24) is 20.4 Å². The van der Waals surface area contributed by atoms with E-state index in [4.69, 9.17) is 9.73 Å². The summed E-state index contributed by atoms with van der Waals surface area (Å²) in [6.45, 7) is 6.04. The van der Waals surface area contributed by atoms with E-state index in [2.05, 4.69) is 41.5 Å². The minimum atomic E-state index is -0.626. The quantitative estimate of drug-likeness (QED) is 0.352. The molecule has 2 aliphatic carbocycles. The van der Waals surface area contributed by atoms with Gasteiger partial charge in [0, 0.05) is 24.0 Å². The molecular formula is C36H51N5O3S. The molecule has 2 amide bonds. The van der Waals surface area contributed by atoms with Gasteiger partial charge in [-0.15, -0.1) is 11.3 Å². The van der Waals surface area contributed by atoms with E-state index in [9.17, 15) is 9.59 Å². The van der Waals surface area contributed by atoms with Crippen LogP contribution in [0.3, 0.4) is 0 Å². The van der Waals surface area contributed by atoms with Crippen molar-refractivity contribution < 1.29 is 14.3 Å². The lowest BCUT2D eigenvalue weighted by Gasteiger charge is -2.43. The Labute approximate surface area is 273 Å². The van der Waals surface area contributed by atoms with Crippen molar-refractivity contribution >= 4 is 29.2 Å². The van der Waals surface area contributed by atoms with Gasteiger partial charge in [-0.05, 0) is 56.0 Å². The Morgan fingerprint density at radius 1 is 0.978 bits per heavy atom. The molecule has 2 aliphatic heterocycles. The fourth-order valence-corrected chi connectivity index (χ4v) is 8.37. The van der Waals surface area contributed by atoms with Crippen molar-refractivity contribution in [3.63, 3.8) is 0 Å². The maximum absolute atomic E-state index is 14.6. The third-order valence-corrected chi connectivity index (χ3v) is 11.1. The minimum Gasteiger partial charge on any atom is -0.454 e. The number of aliphatic imine (C=N–C) groups is 1. The standard InChI is InChI=1S/C36H51N5O3S/c1-36(2)32(27-15-8-4-9-16-27)44-35(39-36)40-20-21-41(31(25-40)33(42)37-24-29-19-12-22-45-29)34(43)30(23-26-13-6-3-7-14-26)38-28-17-10-5-11-18-28/h4,8-9,12,15-16,19,22,26,28,30-32,38H,3,5-7,10-11,13-14,17-18,20-21,23-25H2,1-2H3,(H,37,42)/t30-,31+,32?/m1/s1. The molecule has 9 heteroatoms. The topological polar surface area (TPSA) is 86.3 Å². The molecule has 45 heavy (non-hydrogen) atoms. The Bertz CT molecular complexity index is 1270. The molecule has 3 fully saturated rings. The van der Waals surface area contributed by atoms with Gasteiger partial charge in [-0.25, -0.2) is 4.99 Å². The highest BCUT2D eigenvalue weighted by Gasteiger charge is 2.45. The number of nitrogens with zero attached hydrogens (tertiary/aromatic N) is 3. The average Bonchev–Trinajstić information content (AvgIpc) is 3.71. The SMILES string of the molecule is CC1(C)N=C(N2CCN(C(=O)[C@@H](CC3CCCCC3)NC3CCCCC3)[C@H](C(=O)NCc3cccs3)C2)OC1c1ccccc1. The number of amides is 2. The molecular weight excluding hydrogens is 582 g/mol. The van der Waals surface area contributed by atoms with Crippen LogP contribution < -0.4 is 10.6 Å². The van der Waals surface area contributed by atoms with Crippen molar-refractivity contribution in [2.75, 3.05) is 19.6 Å². The highest BCUT2D eigenvalue weighted by atomic mass is 32.1. The van der Waals surface area contributed by atoms with E-state index >= 15 is 0 Å². The van der Waals surface area contributed by atoms with Crippen LogP contribution in [0.5, 0.6) is 0 Å². The van der Waals surface area contributed by atoms with E-state index in [1.165, 1.54) is 51.4 Å². The summed E-state index contributed by atoms with van der Waals surface area (Å²) in [5.41, 5.74) is 0.634. The van der Waals surface area contributed by atoms with Gasteiger partial charge in [0.15, 0.2) is 6.10 Å². The Hall–Kier alpha value is -2.91. The predicted octanol–water partition coefficient (Wildman–Crippen LogP) is 6.04. The zero-order valence-corrected chi connectivity index (χ0v) is 27.9. The van der Waals surface area contributed by atoms with Gasteiger partial charge in [0.2, 0.25) is 11.8 Å². The van der Waals surface area contributed by atoms with Crippen LogP contribution in [0.15, 0.2) is 52.8 Å². The summed E-state index contributed by atoms with van der Waals surface area (Å²) in [6.07, 6.45) is 12.8. The number of thiophene rings is 1. The first-order valence-corrected chi connectivity index (χ1v) is 18.2. The van der Waals surface area contributed by atoms with Crippen molar-refractivity contribution in [3.05, 3.63) is 58.3 Å². The van der Waals surface area contributed by atoms with Crippen molar-refractivity contribution in [2.45, 2.75) is 121 Å². The maximum Gasteiger partial charge on any atom is 0.288 e. The van der Waals surface area contributed by atoms with Crippen molar-refractivity contribution in [1.29, 1.82) is 0 Å². The second-order valence-corrected chi connectivity index (χ2v) is 15.1. The zero-order valence-electron chi connectivity index (χ0n) is 27.1. The number of hydrogen-bond acceptors (Lipinski definition) is 7. The van der Waals surface area contributed by atoms with Gasteiger partial charge in [-0.1, -0.05) is 87.8 Å². The van der Waals surface area contributed by atoms with Crippen LogP contribution >= 0.6 is 11.3 Å². The molecule has 1 aromatic heterocycles. The third kappa shape index (κ3) is 7.91. The monoisotopic (exact) mass is 633 g/mol. The second-order valence-electron chi connectivity index (χ2n) is 14.0. The van der Waals surface area contributed by atoms with Gasteiger partial charge in [-0.2, -0.15) is 0 Å². The van der Waals surface area contributed by atoms with Crippen LogP contribution in [0.1, 0.15) is 101 Å². The number of hydrogen-bond donors (Lipinski definition) is 2. The van der Waals surface area contributed by atoms with E-state index in [1.54, 1.807) is 11.3 Å². The van der Waals surface area contributed by atoms with Crippen LogP contribution in [0.25, 0.3) is 0 Å². The molecule has 2 N–H and O–H groups in total. The lowest BCUT2D eigenvalue weighted by atomic mass is 9.83. The van der Waals surface area contributed by atoms with Gasteiger partial charge in [0.1, 0.15) is 11.6 Å². The molecule has 3 heterocycles. The van der Waals surface area contributed by atoms with E-state index in [0.29, 0.717) is 44.2 Å². The molecule has 2 saturated carbocycles. The number of carbonyl (C=O) groups excluding carboxylic acids is 2. The molecule has 6 rings (SSSR count). The Morgan fingerprint density at radius 3 is 2.42 bits per heavy atom. The van der Waals surface area contributed by atoms with E-state index in [1.807, 2.05) is 40.6 Å². The Morgan fingerprint density at radius 2 is 1.71 bits per heavy atom. The first-order valence-electron chi connectivity index (χ1n) is 17.3. The fourth-order valence-electron chi connectivity index (χ4n) is 7.73. The lowest BCUT2D eigenvalue weighted by Crippen LogP contribution is -2.64. The van der Waals surface area contributed by atoms with E-state index in [-0.39, 0.29) is 24.0 Å². The Balaban J connectivity index is 1.21. The van der Waals surface area contributed by atoms with Crippen molar-refractivity contribution in [3.8, 4) is 0 Å². The molecule has 1 aromatic carbocycles. The van der Waals surface area contributed by atoms with E-state index in [0.717, 1.165) is 29.7 Å². The fraction of sp³-hybridized carbons (Fsp3) is 0.639. The molecule has 1 saturated heterocycles. The summed E-state index contributed by atoms with van der Waals surface area (Å²) in [4.78, 5) is 38.6. The largest absolute Gasteiger partial charge is 0.454 e. The summed E-state index contributed by atoms with van der Waals surface area (Å²) in [7, 11) is 0. The zero-order chi connectivity index (χ0) is 31.2. The number of rotatable bonds is 9. The number of piperazine rings is 1. The highest BCUT2D eigenvalue weighted by molar-refractivity contribution is 7.09. The Kier molecular flexibility index (Phi) is 10.4. The highest BCUT2D eigenvalue weighted by Crippen LogP contribution is 2.38. The molecule has 1 unspecified atom stereocenters. The molecule has 8 nitrogen and oxygen atoms in total. The maximum atomic E-state index is 14.6. The summed E-state index contributed by atoms with van der Waals surface area (Å²) in [5.74, 6) is 0.529. The van der Waals surface area contributed by atoms with Crippen LogP contribution in [-0.2, 0) is 20.9 Å². The number of ether oxygens (including phenoxy) is 1. The van der Waals surface area contributed by atoms with Crippen molar-refractivity contribution in [2.24, 2.45) is 10.9 Å². The van der Waals surface area contributed by atoms with Crippen LogP contribution in [0.2, 0.25) is 0 Å². The summed E-state index contributed by atoms with van der Waals surface area (Å²) in [5, 5.41) is 9.01. The summed E-state index contributed by atoms with van der Waals surface area (Å²) in [6, 6.07) is 14.3. The first-order chi connectivity index (χ1) is 21.9. The van der Waals surface area contributed by atoms with Gasteiger partial charge in [0.25, 0.3) is 6.02 Å². The first kappa shape index (κ1) is 32.0. The number of nitrogens with one attached hydrogen (secondary N) is 2. The second kappa shape index (κ2) is 14.7. The number of benzene rings is 1. The predicted molar refractivity (Wildman–Crippen MR) is 180 cm³/mol. The molecule has 2 aromatic rings. The molecule has 0 spiro atoms. The third-order valence-electron chi connectivity index (χ3n) is 10.2. The summed E-state index contributed by atoms with van der Waals surface area (Å²) < 4.78 is 6.52. The van der Waals surface area contributed by atoms with Crippen LogP contribution in [-0.4, -0.2) is 70.9 Å². The van der Waals surface area contributed by atoms with Crippen LogP contribution in [0.4, 0.5) is 0 Å². The lowest BCUT2D eigenvalue weighted by molar-refractivity contribution is -0.145. The average molecular weight is 634 g/mol.